The maximum atomic E-state index is 12.4. The first-order valence-corrected chi connectivity index (χ1v) is 13.5. The molecule has 0 amide bonds. The Kier molecular flexibility index (Phi) is 9.26. The molecule has 1 aliphatic heterocycles. The SMILES string of the molecule is C/C=C(/C(C)=O)C(CC(=O)OC)C[C@@H]1OC[C@]2(Cc3cc(OC)c(O)cc3[C@H](c3ccc(O)c(OC)c3)[C@@H]2CO)O1. The molecule has 1 saturated heterocycles. The second-order valence-corrected chi connectivity index (χ2v) is 10.5. The minimum absolute atomic E-state index is 0.00929. The van der Waals surface area contributed by atoms with Gasteiger partial charge in [0.1, 0.15) is 5.60 Å². The number of phenols is 2. The summed E-state index contributed by atoms with van der Waals surface area (Å²) < 4.78 is 28.4. The zero-order valence-corrected chi connectivity index (χ0v) is 24.0. The van der Waals surface area contributed by atoms with Crippen molar-refractivity contribution in [1.29, 1.82) is 0 Å². The molecular weight excluding hydrogens is 532 g/mol. The Bertz CT molecular complexity index is 1320. The van der Waals surface area contributed by atoms with Crippen LogP contribution in [-0.2, 0) is 30.2 Å². The standard InChI is InChI=1S/C31H38O10/c1-6-21(17(2)33)19(11-28(36)39-5)12-29-40-16-31(41-29)14-20-10-27(38-4)25(35)13-22(20)30(23(31)15-32)18-7-8-24(34)26(9-18)37-3/h6-10,13,19,23,29-30,32,34-35H,11-12,14-16H2,1-5H3/b21-6-/t19?,23-,29+,30-,31-/m0/s1. The second kappa shape index (κ2) is 12.5. The van der Waals surface area contributed by atoms with Gasteiger partial charge in [-0.15, -0.1) is 0 Å². The van der Waals surface area contributed by atoms with E-state index in [2.05, 4.69) is 0 Å². The molecule has 1 spiro atoms. The Hall–Kier alpha value is -3.60. The summed E-state index contributed by atoms with van der Waals surface area (Å²) in [7, 11) is 4.23. The molecule has 1 heterocycles. The summed E-state index contributed by atoms with van der Waals surface area (Å²) in [6.07, 6.45) is 1.52. The molecule has 2 aliphatic rings. The zero-order valence-electron chi connectivity index (χ0n) is 24.0. The van der Waals surface area contributed by atoms with E-state index >= 15 is 0 Å². The number of hydrogen-bond donors (Lipinski definition) is 3. The Morgan fingerprint density at radius 3 is 2.41 bits per heavy atom. The van der Waals surface area contributed by atoms with Crippen LogP contribution >= 0.6 is 0 Å². The number of carbonyl (C=O) groups excluding carboxylic acids is 2. The van der Waals surface area contributed by atoms with Gasteiger partial charge in [0.15, 0.2) is 35.1 Å². The molecule has 3 N–H and O–H groups in total. The lowest BCUT2D eigenvalue weighted by Crippen LogP contribution is -2.51. The van der Waals surface area contributed by atoms with E-state index in [1.165, 1.54) is 34.3 Å². The number of hydrogen-bond acceptors (Lipinski definition) is 10. The van der Waals surface area contributed by atoms with E-state index in [1.54, 1.807) is 37.3 Å². The van der Waals surface area contributed by atoms with Crippen LogP contribution in [-0.4, -0.2) is 73.5 Å². The number of rotatable bonds is 10. The summed E-state index contributed by atoms with van der Waals surface area (Å²) in [4.78, 5) is 24.6. The maximum absolute atomic E-state index is 12.4. The van der Waals surface area contributed by atoms with Crippen LogP contribution in [0.25, 0.3) is 0 Å². The minimum atomic E-state index is -0.980. The van der Waals surface area contributed by atoms with Gasteiger partial charge in [-0.3, -0.25) is 9.59 Å². The van der Waals surface area contributed by atoms with E-state index in [1.807, 2.05) is 0 Å². The molecule has 222 valence electrons. The first-order valence-electron chi connectivity index (χ1n) is 13.5. The molecule has 0 aromatic heterocycles. The molecular formula is C31H38O10. The Morgan fingerprint density at radius 2 is 1.80 bits per heavy atom. The number of ether oxygens (including phenoxy) is 5. The molecule has 10 nitrogen and oxygen atoms in total. The third kappa shape index (κ3) is 5.91. The molecule has 10 heteroatoms. The number of esters is 1. The van der Waals surface area contributed by atoms with E-state index in [4.69, 9.17) is 23.7 Å². The molecule has 41 heavy (non-hydrogen) atoms. The van der Waals surface area contributed by atoms with Gasteiger partial charge < -0.3 is 39.0 Å². The van der Waals surface area contributed by atoms with Crippen LogP contribution in [0.5, 0.6) is 23.0 Å². The van der Waals surface area contributed by atoms with Crippen molar-refractivity contribution >= 4 is 11.8 Å². The van der Waals surface area contributed by atoms with Crippen molar-refractivity contribution in [1.82, 2.24) is 0 Å². The van der Waals surface area contributed by atoms with Crippen molar-refractivity contribution in [3.8, 4) is 23.0 Å². The van der Waals surface area contributed by atoms with Gasteiger partial charge in [0, 0.05) is 37.2 Å². The van der Waals surface area contributed by atoms with Gasteiger partial charge >= 0.3 is 5.97 Å². The van der Waals surface area contributed by atoms with Crippen LogP contribution in [0.2, 0.25) is 0 Å². The van der Waals surface area contributed by atoms with Crippen molar-refractivity contribution < 1.29 is 48.6 Å². The van der Waals surface area contributed by atoms with Gasteiger partial charge in [0.05, 0.1) is 34.4 Å². The highest BCUT2D eigenvalue weighted by Gasteiger charge is 2.54. The lowest BCUT2D eigenvalue weighted by Gasteiger charge is -2.45. The number of allylic oxidation sites excluding steroid dienone is 2. The number of phenolic OH excluding ortho intramolecular Hbond substituents is 2. The third-order valence-electron chi connectivity index (χ3n) is 8.26. The van der Waals surface area contributed by atoms with Crippen molar-refractivity contribution in [3.63, 3.8) is 0 Å². The maximum Gasteiger partial charge on any atom is 0.306 e. The van der Waals surface area contributed by atoms with Crippen LogP contribution in [0, 0.1) is 11.8 Å². The number of aromatic hydroxyl groups is 2. The normalized spacial score (nSPS) is 24.5. The second-order valence-electron chi connectivity index (χ2n) is 10.5. The average Bonchev–Trinajstić information content (AvgIpc) is 3.34. The van der Waals surface area contributed by atoms with E-state index in [0.29, 0.717) is 17.7 Å². The smallest absolute Gasteiger partial charge is 0.306 e. The largest absolute Gasteiger partial charge is 0.504 e. The molecule has 1 unspecified atom stereocenters. The number of ketones is 1. The number of methoxy groups -OCH3 is 3. The quantitative estimate of drug-likeness (QED) is 0.286. The highest BCUT2D eigenvalue weighted by atomic mass is 16.7. The van der Waals surface area contributed by atoms with Crippen molar-refractivity contribution in [2.75, 3.05) is 34.5 Å². The monoisotopic (exact) mass is 570 g/mol. The Morgan fingerprint density at radius 1 is 1.10 bits per heavy atom. The summed E-state index contributed by atoms with van der Waals surface area (Å²) in [5.74, 6) is -1.56. The first kappa shape index (κ1) is 30.4. The highest BCUT2D eigenvalue weighted by molar-refractivity contribution is 5.94. The van der Waals surface area contributed by atoms with Gasteiger partial charge in [-0.05, 0) is 60.4 Å². The fourth-order valence-corrected chi connectivity index (χ4v) is 6.31. The molecule has 0 bridgehead atoms. The number of aliphatic hydroxyl groups is 1. The molecule has 1 fully saturated rings. The van der Waals surface area contributed by atoms with Crippen LogP contribution in [0.1, 0.15) is 49.3 Å². The van der Waals surface area contributed by atoms with E-state index < -0.39 is 35.6 Å². The Balaban J connectivity index is 1.76. The van der Waals surface area contributed by atoms with Crippen molar-refractivity contribution in [3.05, 3.63) is 58.7 Å². The van der Waals surface area contributed by atoms with Crippen LogP contribution < -0.4 is 9.47 Å². The molecule has 2 aromatic carbocycles. The molecule has 1 aliphatic carbocycles. The fourth-order valence-electron chi connectivity index (χ4n) is 6.31. The fraction of sp³-hybridized carbons (Fsp3) is 0.484. The summed E-state index contributed by atoms with van der Waals surface area (Å²) in [6.45, 7) is 3.08. The number of fused-ring (bicyclic) bond motifs is 1. The highest BCUT2D eigenvalue weighted by Crippen LogP contribution is 2.52. The van der Waals surface area contributed by atoms with Gasteiger partial charge in [-0.25, -0.2) is 0 Å². The van der Waals surface area contributed by atoms with Gasteiger partial charge in [-0.1, -0.05) is 12.1 Å². The predicted molar refractivity (Wildman–Crippen MR) is 148 cm³/mol. The minimum Gasteiger partial charge on any atom is -0.504 e. The van der Waals surface area contributed by atoms with E-state index in [-0.39, 0.29) is 49.1 Å². The lowest BCUT2D eigenvalue weighted by molar-refractivity contribution is -0.144. The molecule has 0 saturated carbocycles. The van der Waals surface area contributed by atoms with Gasteiger partial charge in [0.25, 0.3) is 0 Å². The molecule has 4 rings (SSSR count). The molecule has 5 atom stereocenters. The Labute approximate surface area is 239 Å². The molecule has 0 radical (unpaired) electrons. The zero-order chi connectivity index (χ0) is 29.9. The van der Waals surface area contributed by atoms with Crippen LogP contribution in [0.4, 0.5) is 0 Å². The topological polar surface area (TPSA) is 141 Å². The number of Topliss-reactive ketones (excluding diaryl/α,β-unsaturated/α-hetero) is 1. The number of carbonyl (C=O) groups is 2. The van der Waals surface area contributed by atoms with Gasteiger partial charge in [0.2, 0.25) is 0 Å². The third-order valence-corrected chi connectivity index (χ3v) is 8.26. The summed E-state index contributed by atoms with van der Waals surface area (Å²) in [5, 5.41) is 31.7. The van der Waals surface area contributed by atoms with Crippen LogP contribution in [0.3, 0.4) is 0 Å². The summed E-state index contributed by atoms with van der Waals surface area (Å²) in [5.41, 5.74) is 1.88. The average molecular weight is 571 g/mol. The van der Waals surface area contributed by atoms with E-state index in [0.717, 1.165) is 16.7 Å². The number of aliphatic hydroxyl groups excluding tert-OH is 1. The predicted octanol–water partition coefficient (Wildman–Crippen LogP) is 3.63. The van der Waals surface area contributed by atoms with Crippen LogP contribution in [0.15, 0.2) is 42.0 Å². The number of benzene rings is 2. The first-order chi connectivity index (χ1) is 19.6. The van der Waals surface area contributed by atoms with Crippen molar-refractivity contribution in [2.24, 2.45) is 11.8 Å². The summed E-state index contributed by atoms with van der Waals surface area (Å²) in [6, 6.07) is 8.38. The summed E-state index contributed by atoms with van der Waals surface area (Å²) >= 11 is 0. The van der Waals surface area contributed by atoms with Gasteiger partial charge in [-0.2, -0.15) is 0 Å². The van der Waals surface area contributed by atoms with Crippen molar-refractivity contribution in [2.45, 2.75) is 50.9 Å². The molecule has 2 aromatic rings. The van der Waals surface area contributed by atoms with E-state index in [9.17, 15) is 24.9 Å². The lowest BCUT2D eigenvalue weighted by atomic mass is 9.64.